The van der Waals surface area contributed by atoms with Crippen LogP contribution in [0, 0.1) is 12.8 Å². The molecule has 0 N–H and O–H groups in total. The molecule has 1 aromatic heterocycles. The molecule has 4 nitrogen and oxygen atoms in total. The molecule has 29 heavy (non-hydrogen) atoms. The molecular formula is C23H21F2NO3. The third-order valence-electron chi connectivity index (χ3n) is 5.63. The van der Waals surface area contributed by atoms with Gasteiger partial charge in [-0.2, -0.15) is 0 Å². The minimum atomic E-state index is -2.78. The van der Waals surface area contributed by atoms with Gasteiger partial charge in [-0.05, 0) is 19.1 Å². The molecule has 6 heteroatoms. The number of piperidine rings is 1. The van der Waals surface area contributed by atoms with Gasteiger partial charge in [-0.25, -0.2) is 8.78 Å². The van der Waals surface area contributed by atoms with Gasteiger partial charge in [0.25, 0.3) is 11.8 Å². The second-order valence-electron chi connectivity index (χ2n) is 7.60. The second-order valence-corrected chi connectivity index (χ2v) is 7.60. The van der Waals surface area contributed by atoms with Crippen molar-refractivity contribution in [1.29, 1.82) is 0 Å². The third kappa shape index (κ3) is 3.33. The first-order chi connectivity index (χ1) is 13.8. The van der Waals surface area contributed by atoms with Gasteiger partial charge >= 0.3 is 0 Å². The Morgan fingerprint density at radius 2 is 1.86 bits per heavy atom. The highest BCUT2D eigenvalue weighted by atomic mass is 19.3. The molecule has 1 aliphatic heterocycles. The van der Waals surface area contributed by atoms with Gasteiger partial charge in [-0.15, -0.1) is 0 Å². The van der Waals surface area contributed by atoms with E-state index in [1.165, 1.54) is 11.8 Å². The van der Waals surface area contributed by atoms with Crippen LogP contribution in [0.2, 0.25) is 0 Å². The van der Waals surface area contributed by atoms with E-state index in [1.807, 2.05) is 30.3 Å². The summed E-state index contributed by atoms with van der Waals surface area (Å²) in [4.78, 5) is 27.5. The Morgan fingerprint density at radius 3 is 2.55 bits per heavy atom. The van der Waals surface area contributed by atoms with Gasteiger partial charge in [0.15, 0.2) is 11.0 Å². The number of rotatable bonds is 2. The number of fused-ring (bicyclic) bond motifs is 1. The summed E-state index contributed by atoms with van der Waals surface area (Å²) in [7, 11) is 0. The molecule has 0 radical (unpaired) electrons. The molecule has 1 saturated heterocycles. The molecule has 1 amide bonds. The van der Waals surface area contributed by atoms with Crippen LogP contribution in [0.15, 0.2) is 57.7 Å². The molecule has 3 aromatic rings. The predicted octanol–water partition coefficient (Wildman–Crippen LogP) is 4.89. The smallest absolute Gasteiger partial charge is 0.257 e. The molecule has 1 unspecified atom stereocenters. The van der Waals surface area contributed by atoms with Gasteiger partial charge in [-0.3, -0.25) is 9.59 Å². The van der Waals surface area contributed by atoms with Crippen molar-refractivity contribution < 1.29 is 18.0 Å². The van der Waals surface area contributed by atoms with Crippen LogP contribution in [0.5, 0.6) is 0 Å². The number of benzene rings is 2. The van der Waals surface area contributed by atoms with Crippen LogP contribution in [-0.4, -0.2) is 29.8 Å². The van der Waals surface area contributed by atoms with E-state index < -0.39 is 17.7 Å². The van der Waals surface area contributed by atoms with Crippen LogP contribution < -0.4 is 5.43 Å². The summed E-state index contributed by atoms with van der Waals surface area (Å²) in [6, 6.07) is 14.0. The number of alkyl halides is 2. The Kier molecular flexibility index (Phi) is 4.73. The molecule has 2 aromatic carbocycles. The average Bonchev–Trinajstić information content (AvgIpc) is 2.72. The first-order valence-corrected chi connectivity index (χ1v) is 9.58. The fraction of sp³-hybridized carbons (Fsp3) is 0.304. The summed E-state index contributed by atoms with van der Waals surface area (Å²) in [5.74, 6) is -3.70. The Balaban J connectivity index is 1.83. The number of hydrogen-bond acceptors (Lipinski definition) is 3. The highest BCUT2D eigenvalue weighted by Gasteiger charge is 2.42. The Bertz CT molecular complexity index is 1140. The van der Waals surface area contributed by atoms with E-state index in [2.05, 4.69) is 0 Å². The normalized spacial score (nSPS) is 18.8. The number of para-hydroxylation sites is 1. The van der Waals surface area contributed by atoms with Crippen molar-refractivity contribution >= 4 is 16.9 Å². The van der Waals surface area contributed by atoms with E-state index in [1.54, 1.807) is 25.1 Å². The highest BCUT2D eigenvalue weighted by molar-refractivity contribution is 6.05. The summed E-state index contributed by atoms with van der Waals surface area (Å²) < 4.78 is 33.7. The lowest BCUT2D eigenvalue weighted by Gasteiger charge is -2.36. The number of nitrogens with zero attached hydrogens (tertiary/aromatic N) is 1. The molecule has 0 saturated carbocycles. The lowest BCUT2D eigenvalue weighted by molar-refractivity contribution is -0.0921. The highest BCUT2D eigenvalue weighted by Crippen LogP contribution is 2.34. The lowest BCUT2D eigenvalue weighted by atomic mass is 9.94. The van der Waals surface area contributed by atoms with E-state index in [0.717, 1.165) is 5.56 Å². The number of amides is 1. The first-order valence-electron chi connectivity index (χ1n) is 9.58. The van der Waals surface area contributed by atoms with Crippen molar-refractivity contribution in [2.75, 3.05) is 13.1 Å². The molecule has 0 spiro atoms. The lowest BCUT2D eigenvalue weighted by Crippen LogP contribution is -2.48. The largest absolute Gasteiger partial charge is 0.455 e. The van der Waals surface area contributed by atoms with Gasteiger partial charge < -0.3 is 9.32 Å². The molecule has 0 aliphatic carbocycles. The summed E-state index contributed by atoms with van der Waals surface area (Å²) >= 11 is 0. The molecule has 1 atom stereocenters. The van der Waals surface area contributed by atoms with Crippen LogP contribution >= 0.6 is 0 Å². The van der Waals surface area contributed by atoms with E-state index in [9.17, 15) is 18.4 Å². The molecule has 1 aliphatic rings. The SMILES string of the molecule is Cc1c(-c2ccccc2)oc2c(C(=O)N3CCC(F)(F)C(C)C3)cccc2c1=O. The predicted molar refractivity (Wildman–Crippen MR) is 107 cm³/mol. The molecule has 150 valence electrons. The monoisotopic (exact) mass is 397 g/mol. The average molecular weight is 397 g/mol. The maximum Gasteiger partial charge on any atom is 0.257 e. The van der Waals surface area contributed by atoms with Crippen molar-refractivity contribution in [3.8, 4) is 11.3 Å². The van der Waals surface area contributed by atoms with Crippen molar-refractivity contribution in [2.24, 2.45) is 5.92 Å². The van der Waals surface area contributed by atoms with Crippen molar-refractivity contribution in [3.63, 3.8) is 0 Å². The van der Waals surface area contributed by atoms with E-state index in [0.29, 0.717) is 16.7 Å². The molecule has 1 fully saturated rings. The fourth-order valence-corrected chi connectivity index (χ4v) is 3.78. The molecular weight excluding hydrogens is 376 g/mol. The zero-order valence-electron chi connectivity index (χ0n) is 16.2. The molecule has 0 bridgehead atoms. The Hall–Kier alpha value is -3.02. The maximum atomic E-state index is 13.8. The number of carbonyl (C=O) groups is 1. The topological polar surface area (TPSA) is 50.5 Å². The van der Waals surface area contributed by atoms with Crippen LogP contribution in [0.3, 0.4) is 0 Å². The minimum Gasteiger partial charge on any atom is -0.455 e. The number of likely N-dealkylation sites (tertiary alicyclic amines) is 1. The second kappa shape index (κ2) is 7.10. The van der Waals surface area contributed by atoms with Crippen LogP contribution in [0.4, 0.5) is 8.78 Å². The molecule has 4 rings (SSSR count). The van der Waals surface area contributed by atoms with Crippen molar-refractivity contribution in [3.05, 3.63) is 69.9 Å². The van der Waals surface area contributed by atoms with Gasteiger partial charge in [0.2, 0.25) is 0 Å². The molecule has 2 heterocycles. The van der Waals surface area contributed by atoms with E-state index >= 15 is 0 Å². The van der Waals surface area contributed by atoms with E-state index in [4.69, 9.17) is 4.42 Å². The summed E-state index contributed by atoms with van der Waals surface area (Å²) in [5.41, 5.74) is 1.39. The summed E-state index contributed by atoms with van der Waals surface area (Å²) in [6.45, 7) is 3.06. The summed E-state index contributed by atoms with van der Waals surface area (Å²) in [5, 5.41) is 0.309. The van der Waals surface area contributed by atoms with Crippen molar-refractivity contribution in [1.82, 2.24) is 4.90 Å². The number of carbonyl (C=O) groups excluding carboxylic acids is 1. The van der Waals surface area contributed by atoms with Gasteiger partial charge in [0.1, 0.15) is 5.76 Å². The Labute approximate surface area is 166 Å². The zero-order valence-corrected chi connectivity index (χ0v) is 16.2. The quantitative estimate of drug-likeness (QED) is 0.619. The maximum absolute atomic E-state index is 13.8. The van der Waals surface area contributed by atoms with E-state index in [-0.39, 0.29) is 36.1 Å². The first kappa shape index (κ1) is 19.3. The fourth-order valence-electron chi connectivity index (χ4n) is 3.78. The van der Waals surface area contributed by atoms with Gasteiger partial charge in [0.05, 0.1) is 10.9 Å². The zero-order chi connectivity index (χ0) is 20.8. The van der Waals surface area contributed by atoms with Crippen LogP contribution in [0.25, 0.3) is 22.3 Å². The van der Waals surface area contributed by atoms with Gasteiger partial charge in [0, 0.05) is 36.6 Å². The Morgan fingerprint density at radius 1 is 1.14 bits per heavy atom. The van der Waals surface area contributed by atoms with Crippen LogP contribution in [-0.2, 0) is 0 Å². The third-order valence-corrected chi connectivity index (χ3v) is 5.63. The number of halogens is 2. The minimum absolute atomic E-state index is 0.0335. The van der Waals surface area contributed by atoms with Crippen molar-refractivity contribution in [2.45, 2.75) is 26.2 Å². The van der Waals surface area contributed by atoms with Gasteiger partial charge in [-0.1, -0.05) is 43.3 Å². The number of hydrogen-bond donors (Lipinski definition) is 0. The summed E-state index contributed by atoms with van der Waals surface area (Å²) in [6.07, 6.45) is -0.372. The van der Waals surface area contributed by atoms with Crippen LogP contribution in [0.1, 0.15) is 29.3 Å². The standard InChI is InChI=1S/C23H21F2NO3/c1-14-13-26(12-11-23(14,24)25)22(28)18-10-6-9-17-19(27)15(2)20(29-21(17)18)16-7-4-3-5-8-16/h3-10,14H,11-13H2,1-2H3.